The number of nitro benzene ring substituents is 1. The van der Waals surface area contributed by atoms with E-state index in [-0.39, 0.29) is 18.3 Å². The largest absolute Gasteiger partial charge is 0.491 e. The Balaban J connectivity index is 2.87. The van der Waals surface area contributed by atoms with Gasteiger partial charge in [0.2, 0.25) is 0 Å². The normalized spacial score (nSPS) is 12.4. The molecule has 1 aromatic rings. The molecule has 6 heteroatoms. The van der Waals surface area contributed by atoms with Crippen LogP contribution in [0.15, 0.2) is 18.2 Å². The summed E-state index contributed by atoms with van der Waals surface area (Å²) >= 11 is 0. The van der Waals surface area contributed by atoms with Crippen molar-refractivity contribution in [2.24, 2.45) is 0 Å². The Kier molecular flexibility index (Phi) is 6.41. The van der Waals surface area contributed by atoms with Crippen LogP contribution in [0.25, 0.3) is 0 Å². The SMILES string of the molecule is CCC(O)COc1ccc([N+](=O)[O-])cc1CNC(C)C. The summed E-state index contributed by atoms with van der Waals surface area (Å²) in [6.07, 6.45) is 0.0723. The predicted molar refractivity (Wildman–Crippen MR) is 76.9 cm³/mol. The van der Waals surface area contributed by atoms with Gasteiger partial charge in [-0.2, -0.15) is 0 Å². The van der Waals surface area contributed by atoms with Gasteiger partial charge in [0.25, 0.3) is 5.69 Å². The van der Waals surface area contributed by atoms with E-state index in [1.165, 1.54) is 12.1 Å². The number of aliphatic hydroxyl groups excluding tert-OH is 1. The third kappa shape index (κ3) is 5.14. The summed E-state index contributed by atoms with van der Waals surface area (Å²) < 4.78 is 5.54. The molecule has 0 saturated carbocycles. The number of benzene rings is 1. The Bertz CT molecular complexity index is 449. The van der Waals surface area contributed by atoms with Gasteiger partial charge in [-0.25, -0.2) is 0 Å². The fourth-order valence-electron chi connectivity index (χ4n) is 1.58. The molecule has 2 N–H and O–H groups in total. The van der Waals surface area contributed by atoms with E-state index < -0.39 is 11.0 Å². The Hall–Kier alpha value is -1.66. The second kappa shape index (κ2) is 7.81. The third-order valence-electron chi connectivity index (χ3n) is 2.86. The highest BCUT2D eigenvalue weighted by molar-refractivity contribution is 5.43. The fourth-order valence-corrected chi connectivity index (χ4v) is 1.58. The van der Waals surface area contributed by atoms with E-state index in [1.807, 2.05) is 20.8 Å². The van der Waals surface area contributed by atoms with Gasteiger partial charge in [0, 0.05) is 30.3 Å². The number of non-ortho nitro benzene ring substituents is 1. The summed E-state index contributed by atoms with van der Waals surface area (Å²) in [5.41, 5.74) is 0.755. The van der Waals surface area contributed by atoms with Gasteiger partial charge in [-0.15, -0.1) is 0 Å². The van der Waals surface area contributed by atoms with Crippen LogP contribution in [0, 0.1) is 10.1 Å². The Morgan fingerprint density at radius 2 is 2.15 bits per heavy atom. The van der Waals surface area contributed by atoms with Crippen molar-refractivity contribution in [1.29, 1.82) is 0 Å². The number of nitrogens with one attached hydrogen (secondary N) is 1. The first-order valence-electron chi connectivity index (χ1n) is 6.75. The summed E-state index contributed by atoms with van der Waals surface area (Å²) in [7, 11) is 0. The molecule has 0 bridgehead atoms. The van der Waals surface area contributed by atoms with Crippen LogP contribution in [0.2, 0.25) is 0 Å². The number of hydrogen-bond acceptors (Lipinski definition) is 5. The van der Waals surface area contributed by atoms with Crippen molar-refractivity contribution in [3.63, 3.8) is 0 Å². The second-order valence-corrected chi connectivity index (χ2v) is 4.96. The zero-order valence-corrected chi connectivity index (χ0v) is 12.1. The van der Waals surface area contributed by atoms with Crippen molar-refractivity contribution in [2.75, 3.05) is 6.61 Å². The Morgan fingerprint density at radius 1 is 1.45 bits per heavy atom. The molecular formula is C14H22N2O4. The van der Waals surface area contributed by atoms with Crippen LogP contribution < -0.4 is 10.1 Å². The van der Waals surface area contributed by atoms with E-state index in [0.29, 0.717) is 18.7 Å². The minimum atomic E-state index is -0.531. The molecule has 0 fully saturated rings. The van der Waals surface area contributed by atoms with Gasteiger partial charge >= 0.3 is 0 Å². The van der Waals surface area contributed by atoms with Crippen molar-refractivity contribution in [3.05, 3.63) is 33.9 Å². The molecular weight excluding hydrogens is 260 g/mol. The molecule has 0 heterocycles. The zero-order chi connectivity index (χ0) is 15.1. The average Bonchev–Trinajstić information content (AvgIpc) is 2.42. The summed E-state index contributed by atoms with van der Waals surface area (Å²) in [6, 6.07) is 4.76. The molecule has 1 aromatic carbocycles. The molecule has 0 aliphatic rings. The van der Waals surface area contributed by atoms with Gasteiger partial charge in [-0.1, -0.05) is 20.8 Å². The van der Waals surface area contributed by atoms with Crippen molar-refractivity contribution in [1.82, 2.24) is 5.32 Å². The quantitative estimate of drug-likeness (QED) is 0.564. The Labute approximate surface area is 118 Å². The molecule has 0 amide bonds. The van der Waals surface area contributed by atoms with E-state index in [4.69, 9.17) is 4.74 Å². The maximum atomic E-state index is 10.8. The summed E-state index contributed by atoms with van der Waals surface area (Å²) in [6.45, 7) is 6.53. The third-order valence-corrected chi connectivity index (χ3v) is 2.86. The van der Waals surface area contributed by atoms with Crippen LogP contribution in [0.4, 0.5) is 5.69 Å². The van der Waals surface area contributed by atoms with Gasteiger partial charge < -0.3 is 15.2 Å². The predicted octanol–water partition coefficient (Wildman–Crippen LogP) is 2.24. The number of nitrogens with zero attached hydrogens (tertiary/aromatic N) is 1. The second-order valence-electron chi connectivity index (χ2n) is 4.96. The molecule has 6 nitrogen and oxygen atoms in total. The first kappa shape index (κ1) is 16.4. The maximum absolute atomic E-state index is 10.8. The monoisotopic (exact) mass is 282 g/mol. The molecule has 112 valence electrons. The Morgan fingerprint density at radius 3 is 2.70 bits per heavy atom. The van der Waals surface area contributed by atoms with Gasteiger partial charge in [0.15, 0.2) is 0 Å². The summed E-state index contributed by atoms with van der Waals surface area (Å²) in [5.74, 6) is 0.566. The highest BCUT2D eigenvalue weighted by Crippen LogP contribution is 2.24. The fraction of sp³-hybridized carbons (Fsp3) is 0.571. The topological polar surface area (TPSA) is 84.6 Å². The minimum Gasteiger partial charge on any atom is -0.491 e. The number of hydrogen-bond donors (Lipinski definition) is 2. The molecule has 0 saturated heterocycles. The number of aliphatic hydroxyl groups is 1. The van der Waals surface area contributed by atoms with E-state index in [0.717, 1.165) is 5.56 Å². The molecule has 1 unspecified atom stereocenters. The van der Waals surface area contributed by atoms with Gasteiger partial charge in [-0.05, 0) is 12.5 Å². The van der Waals surface area contributed by atoms with Crippen molar-refractivity contribution >= 4 is 5.69 Å². The first-order chi connectivity index (χ1) is 9.43. The highest BCUT2D eigenvalue weighted by Gasteiger charge is 2.13. The molecule has 1 atom stereocenters. The number of rotatable bonds is 8. The zero-order valence-electron chi connectivity index (χ0n) is 12.1. The van der Waals surface area contributed by atoms with Crippen molar-refractivity contribution < 1.29 is 14.8 Å². The van der Waals surface area contributed by atoms with Gasteiger partial charge in [0.05, 0.1) is 11.0 Å². The molecule has 0 radical (unpaired) electrons. The van der Waals surface area contributed by atoms with E-state index in [1.54, 1.807) is 6.07 Å². The number of nitro groups is 1. The minimum absolute atomic E-state index is 0.0361. The summed E-state index contributed by atoms with van der Waals surface area (Å²) in [4.78, 5) is 10.4. The van der Waals surface area contributed by atoms with Crippen LogP contribution >= 0.6 is 0 Å². The molecule has 0 spiro atoms. The molecule has 0 aromatic heterocycles. The van der Waals surface area contributed by atoms with E-state index in [2.05, 4.69) is 5.32 Å². The smallest absolute Gasteiger partial charge is 0.270 e. The maximum Gasteiger partial charge on any atom is 0.270 e. The van der Waals surface area contributed by atoms with Gasteiger partial charge in [0.1, 0.15) is 12.4 Å². The van der Waals surface area contributed by atoms with Crippen LogP contribution in [0.3, 0.4) is 0 Å². The standard InChI is InChI=1S/C14H22N2O4/c1-4-13(17)9-20-14-6-5-12(16(18)19)7-11(14)8-15-10(2)3/h5-7,10,13,15,17H,4,8-9H2,1-3H3. The molecule has 1 rings (SSSR count). The average molecular weight is 282 g/mol. The molecule has 20 heavy (non-hydrogen) atoms. The summed E-state index contributed by atoms with van der Waals surface area (Å²) in [5, 5.41) is 23.5. The van der Waals surface area contributed by atoms with Crippen LogP contribution in [0.1, 0.15) is 32.8 Å². The lowest BCUT2D eigenvalue weighted by molar-refractivity contribution is -0.384. The van der Waals surface area contributed by atoms with E-state index >= 15 is 0 Å². The molecule has 0 aliphatic heterocycles. The van der Waals surface area contributed by atoms with Crippen LogP contribution in [0.5, 0.6) is 5.75 Å². The van der Waals surface area contributed by atoms with Crippen LogP contribution in [-0.2, 0) is 6.54 Å². The highest BCUT2D eigenvalue weighted by atomic mass is 16.6. The lowest BCUT2D eigenvalue weighted by atomic mass is 10.1. The lowest BCUT2D eigenvalue weighted by Crippen LogP contribution is -2.23. The van der Waals surface area contributed by atoms with Gasteiger partial charge in [-0.3, -0.25) is 10.1 Å². The van der Waals surface area contributed by atoms with Crippen LogP contribution in [-0.4, -0.2) is 28.8 Å². The first-order valence-corrected chi connectivity index (χ1v) is 6.75. The number of ether oxygens (including phenoxy) is 1. The van der Waals surface area contributed by atoms with Crippen molar-refractivity contribution in [2.45, 2.75) is 45.9 Å². The van der Waals surface area contributed by atoms with Crippen molar-refractivity contribution in [3.8, 4) is 5.75 Å². The molecule has 0 aliphatic carbocycles. The lowest BCUT2D eigenvalue weighted by Gasteiger charge is -2.15. The van der Waals surface area contributed by atoms with E-state index in [9.17, 15) is 15.2 Å².